The van der Waals surface area contributed by atoms with E-state index in [1.165, 1.54) is 4.57 Å². The molecule has 162 valence electrons. The number of nitrogens with one attached hydrogen (secondary N) is 1. The molecular formula is C16H16ClF3N6O4. The fourth-order valence-electron chi connectivity index (χ4n) is 2.49. The number of carboxylic acids is 2. The molecule has 0 bridgehead atoms. The average molecular weight is 449 g/mol. The molecule has 3 aromatic heterocycles. The molecule has 3 N–H and O–H groups in total. The number of aryl methyl sites for hydroxylation is 1. The minimum atomic E-state index is -5.08. The van der Waals surface area contributed by atoms with E-state index in [4.69, 9.17) is 26.6 Å². The van der Waals surface area contributed by atoms with Gasteiger partial charge in [0, 0.05) is 13.2 Å². The predicted molar refractivity (Wildman–Crippen MR) is 99.1 cm³/mol. The summed E-state index contributed by atoms with van der Waals surface area (Å²) in [6, 6.07) is 1.71. The Morgan fingerprint density at radius 1 is 1.30 bits per heavy atom. The highest BCUT2D eigenvalue weighted by atomic mass is 35.5. The Morgan fingerprint density at radius 2 is 1.93 bits per heavy atom. The molecule has 0 amide bonds. The normalized spacial score (nSPS) is 12.2. The van der Waals surface area contributed by atoms with E-state index < -0.39 is 18.1 Å². The smallest absolute Gasteiger partial charge is 0.480 e. The lowest BCUT2D eigenvalue weighted by Crippen LogP contribution is -2.21. The van der Waals surface area contributed by atoms with Crippen LogP contribution < -0.4 is 5.32 Å². The zero-order valence-corrected chi connectivity index (χ0v) is 16.3. The number of aliphatic carboxylic acids is 2. The number of halogens is 4. The fourth-order valence-corrected chi connectivity index (χ4v) is 2.65. The number of alkyl halides is 3. The highest BCUT2D eigenvalue weighted by Gasteiger charge is 2.38. The zero-order valence-electron chi connectivity index (χ0n) is 15.6. The van der Waals surface area contributed by atoms with E-state index in [2.05, 4.69) is 20.3 Å². The quantitative estimate of drug-likeness (QED) is 0.507. The maximum atomic E-state index is 10.9. The maximum absolute atomic E-state index is 10.9. The van der Waals surface area contributed by atoms with E-state index in [1.54, 1.807) is 24.8 Å². The van der Waals surface area contributed by atoms with Crippen LogP contribution in [0, 0.1) is 0 Å². The molecule has 3 heterocycles. The topological polar surface area (TPSA) is 135 Å². The van der Waals surface area contributed by atoms with Gasteiger partial charge in [-0.25, -0.2) is 14.8 Å². The first-order valence-electron chi connectivity index (χ1n) is 8.17. The number of carboxylic acid groups (broad SMARTS) is 2. The number of aromatic nitrogens is 5. The molecule has 14 heteroatoms. The third kappa shape index (κ3) is 5.59. The molecule has 1 unspecified atom stereocenters. The van der Waals surface area contributed by atoms with Gasteiger partial charge in [-0.15, -0.1) is 0 Å². The van der Waals surface area contributed by atoms with Gasteiger partial charge in [-0.05, 0) is 24.6 Å². The minimum Gasteiger partial charge on any atom is -0.480 e. The van der Waals surface area contributed by atoms with Crippen LogP contribution in [0.2, 0.25) is 5.28 Å². The van der Waals surface area contributed by atoms with Gasteiger partial charge in [-0.2, -0.15) is 18.2 Å². The molecule has 3 rings (SSSR count). The molecule has 0 saturated carbocycles. The number of rotatable bonds is 5. The molecule has 0 saturated heterocycles. The van der Waals surface area contributed by atoms with Gasteiger partial charge < -0.3 is 24.7 Å². The Kier molecular flexibility index (Phi) is 6.87. The lowest BCUT2D eigenvalue weighted by molar-refractivity contribution is -0.192. The van der Waals surface area contributed by atoms with E-state index in [1.807, 2.05) is 18.5 Å². The molecule has 10 nitrogen and oxygen atoms in total. The van der Waals surface area contributed by atoms with Crippen LogP contribution in [-0.4, -0.2) is 52.4 Å². The van der Waals surface area contributed by atoms with Gasteiger partial charge in [0.05, 0.1) is 29.6 Å². The van der Waals surface area contributed by atoms with Gasteiger partial charge in [0.15, 0.2) is 0 Å². The summed E-state index contributed by atoms with van der Waals surface area (Å²) >= 11 is 5.99. The number of nitrogens with zero attached hydrogens (tertiary/aromatic N) is 5. The Hall–Kier alpha value is -3.35. The van der Waals surface area contributed by atoms with Crippen LogP contribution in [-0.2, 0) is 23.2 Å². The monoisotopic (exact) mass is 448 g/mol. The molecule has 3 aromatic rings. The van der Waals surface area contributed by atoms with Crippen LogP contribution in [0.15, 0.2) is 24.8 Å². The second-order valence-electron chi connectivity index (χ2n) is 6.01. The van der Waals surface area contributed by atoms with Crippen molar-refractivity contribution < 1.29 is 33.0 Å². The predicted octanol–water partition coefficient (Wildman–Crippen LogP) is 2.71. The summed E-state index contributed by atoms with van der Waals surface area (Å²) < 4.78 is 35.2. The van der Waals surface area contributed by atoms with Gasteiger partial charge in [0.25, 0.3) is 0 Å². The van der Waals surface area contributed by atoms with Crippen molar-refractivity contribution in [3.63, 3.8) is 0 Å². The summed E-state index contributed by atoms with van der Waals surface area (Å²) in [4.78, 5) is 32.3. The first kappa shape index (κ1) is 22.9. The molecule has 0 spiro atoms. The van der Waals surface area contributed by atoms with Crippen molar-refractivity contribution in [1.82, 2.24) is 24.1 Å². The summed E-state index contributed by atoms with van der Waals surface area (Å²) in [6.45, 7) is 1.79. The second-order valence-corrected chi connectivity index (χ2v) is 6.35. The van der Waals surface area contributed by atoms with Crippen LogP contribution in [0.25, 0.3) is 11.0 Å². The van der Waals surface area contributed by atoms with Crippen LogP contribution in [0.1, 0.15) is 18.7 Å². The Bertz CT molecular complexity index is 1070. The van der Waals surface area contributed by atoms with E-state index in [-0.39, 0.29) is 17.9 Å². The number of carbonyl (C=O) groups is 2. The van der Waals surface area contributed by atoms with Crippen molar-refractivity contribution in [2.24, 2.45) is 7.05 Å². The maximum Gasteiger partial charge on any atom is 0.490 e. The average Bonchev–Trinajstić information content (AvgIpc) is 3.21. The van der Waals surface area contributed by atoms with Crippen molar-refractivity contribution in [3.05, 3.63) is 35.8 Å². The summed E-state index contributed by atoms with van der Waals surface area (Å²) in [5.74, 6) is -3.15. The van der Waals surface area contributed by atoms with Crippen LogP contribution in [0.3, 0.4) is 0 Å². The van der Waals surface area contributed by atoms with Crippen molar-refractivity contribution in [2.45, 2.75) is 25.7 Å². The zero-order chi connectivity index (χ0) is 22.6. The van der Waals surface area contributed by atoms with Crippen LogP contribution >= 0.6 is 11.6 Å². The van der Waals surface area contributed by atoms with E-state index in [0.29, 0.717) is 16.9 Å². The van der Waals surface area contributed by atoms with Gasteiger partial charge in [-0.1, -0.05) is 0 Å². The van der Waals surface area contributed by atoms with Crippen molar-refractivity contribution in [2.75, 3.05) is 5.32 Å². The third-order valence-corrected chi connectivity index (χ3v) is 3.96. The Balaban J connectivity index is 0.000000396. The van der Waals surface area contributed by atoms with Gasteiger partial charge >= 0.3 is 18.1 Å². The highest BCUT2D eigenvalue weighted by molar-refractivity contribution is 6.28. The lowest BCUT2D eigenvalue weighted by atomic mass is 10.2. The SMILES string of the molecule is CC(Nc1nc(Cl)nc2c1ccn2CC(=O)O)c1cncn1C.O=C(O)C(F)(F)F. The number of fused-ring (bicyclic) bond motifs is 1. The molecular weight excluding hydrogens is 433 g/mol. The largest absolute Gasteiger partial charge is 0.490 e. The van der Waals surface area contributed by atoms with E-state index >= 15 is 0 Å². The highest BCUT2D eigenvalue weighted by Crippen LogP contribution is 2.26. The fraction of sp³-hybridized carbons (Fsp3) is 0.312. The second kappa shape index (κ2) is 8.98. The number of imidazole rings is 1. The molecule has 30 heavy (non-hydrogen) atoms. The Labute approximate surface area is 171 Å². The Morgan fingerprint density at radius 3 is 2.43 bits per heavy atom. The summed E-state index contributed by atoms with van der Waals surface area (Å²) in [7, 11) is 1.91. The number of hydrogen-bond acceptors (Lipinski definition) is 6. The molecule has 0 aliphatic rings. The van der Waals surface area contributed by atoms with Gasteiger partial charge in [0.1, 0.15) is 18.0 Å². The summed E-state index contributed by atoms with van der Waals surface area (Å²) in [5, 5.41) is 20.1. The molecule has 0 radical (unpaired) electrons. The lowest BCUT2D eigenvalue weighted by Gasteiger charge is -2.16. The summed E-state index contributed by atoms with van der Waals surface area (Å²) in [6.07, 6.45) is 0.0658. The number of hydrogen-bond donors (Lipinski definition) is 3. The van der Waals surface area contributed by atoms with Crippen molar-refractivity contribution >= 4 is 40.4 Å². The van der Waals surface area contributed by atoms with Gasteiger partial charge in [0.2, 0.25) is 5.28 Å². The third-order valence-electron chi connectivity index (χ3n) is 3.79. The van der Waals surface area contributed by atoms with Crippen LogP contribution in [0.5, 0.6) is 0 Å². The molecule has 0 fully saturated rings. The molecule has 0 aliphatic carbocycles. The first-order valence-corrected chi connectivity index (χ1v) is 8.55. The van der Waals surface area contributed by atoms with Crippen molar-refractivity contribution in [1.29, 1.82) is 0 Å². The molecule has 0 aliphatic heterocycles. The number of anilines is 1. The van der Waals surface area contributed by atoms with Gasteiger partial charge in [-0.3, -0.25) is 4.79 Å². The van der Waals surface area contributed by atoms with Crippen molar-refractivity contribution in [3.8, 4) is 0 Å². The van der Waals surface area contributed by atoms with E-state index in [0.717, 1.165) is 5.69 Å². The summed E-state index contributed by atoms with van der Waals surface area (Å²) in [5.41, 5.74) is 1.46. The standard InChI is InChI=1S/C14H15ClN6O2.C2HF3O2/c1-8(10-5-16-7-20(10)2)17-12-9-3-4-21(6-11(22)23)13(9)19-14(15)18-12;3-2(4,5)1(6)7/h3-5,7-8H,6H2,1-2H3,(H,22,23)(H,17,18,19);(H,6,7). The minimum absolute atomic E-state index is 0.0560. The molecule has 1 atom stereocenters. The van der Waals surface area contributed by atoms with Crippen LogP contribution in [0.4, 0.5) is 19.0 Å². The molecule has 0 aromatic carbocycles. The van der Waals surface area contributed by atoms with E-state index in [9.17, 15) is 18.0 Å². The first-order chi connectivity index (χ1) is 13.9.